The summed E-state index contributed by atoms with van der Waals surface area (Å²) in [7, 11) is 1.71. The summed E-state index contributed by atoms with van der Waals surface area (Å²) in [4.78, 5) is 13.5. The van der Waals surface area contributed by atoms with Crippen LogP contribution in [0, 0.1) is 0 Å². The number of nitrogens with two attached hydrogens (primary N) is 1. The van der Waals surface area contributed by atoms with E-state index >= 15 is 0 Å². The molecule has 0 radical (unpaired) electrons. The van der Waals surface area contributed by atoms with Crippen molar-refractivity contribution in [2.45, 2.75) is 32.0 Å². The van der Waals surface area contributed by atoms with Gasteiger partial charge in [-0.2, -0.15) is 0 Å². The number of hydrogen-bond donors (Lipinski definition) is 1. The normalized spacial score (nSPS) is 24.7. The fraction of sp³-hybridized carbons (Fsp3) is 0.562. The van der Waals surface area contributed by atoms with Crippen molar-refractivity contribution in [3.8, 4) is 0 Å². The Bertz CT molecular complexity index is 465. The molecule has 1 heterocycles. The van der Waals surface area contributed by atoms with Crippen molar-refractivity contribution in [2.24, 2.45) is 5.73 Å². The van der Waals surface area contributed by atoms with Gasteiger partial charge in [-0.25, -0.2) is 0 Å². The van der Waals surface area contributed by atoms with Gasteiger partial charge in [0.25, 0.3) is 0 Å². The van der Waals surface area contributed by atoms with E-state index in [2.05, 4.69) is 18.7 Å². The zero-order valence-corrected chi connectivity index (χ0v) is 12.9. The lowest BCUT2D eigenvalue weighted by Crippen LogP contribution is -2.51. The van der Waals surface area contributed by atoms with E-state index in [1.165, 1.54) is 0 Å². The molecule has 1 aliphatic heterocycles. The molecule has 1 fully saturated rings. The number of methoxy groups -OCH3 is 1. The van der Waals surface area contributed by atoms with Crippen LogP contribution in [0.5, 0.6) is 0 Å². The van der Waals surface area contributed by atoms with Crippen LogP contribution >= 0.6 is 0 Å². The third-order valence-electron chi connectivity index (χ3n) is 4.08. The molecule has 1 aliphatic rings. The molecule has 5 heteroatoms. The highest BCUT2D eigenvalue weighted by atomic mass is 16.5. The maximum Gasteiger partial charge on any atom is 0.248 e. The first-order valence-corrected chi connectivity index (χ1v) is 7.29. The SMILES string of the molecule is COC(CN1C(C)COCC1C)c1ccc(C(N)=O)cc1. The van der Waals surface area contributed by atoms with Gasteiger partial charge in [0.2, 0.25) is 5.91 Å². The maximum atomic E-state index is 11.1. The first-order chi connectivity index (χ1) is 10.0. The molecule has 0 bridgehead atoms. The van der Waals surface area contributed by atoms with Crippen LogP contribution in [-0.4, -0.2) is 49.8 Å². The van der Waals surface area contributed by atoms with Crippen LogP contribution in [0.3, 0.4) is 0 Å². The van der Waals surface area contributed by atoms with Crippen molar-refractivity contribution in [3.05, 3.63) is 35.4 Å². The van der Waals surface area contributed by atoms with Crippen LogP contribution in [0.1, 0.15) is 35.9 Å². The van der Waals surface area contributed by atoms with Crippen LogP contribution in [0.4, 0.5) is 0 Å². The van der Waals surface area contributed by atoms with Gasteiger partial charge in [-0.15, -0.1) is 0 Å². The van der Waals surface area contributed by atoms with Gasteiger partial charge in [-0.3, -0.25) is 9.69 Å². The van der Waals surface area contributed by atoms with Crippen molar-refractivity contribution in [1.82, 2.24) is 4.90 Å². The Hall–Kier alpha value is -1.43. The molecule has 0 aliphatic carbocycles. The number of carbonyl (C=O) groups excluding carboxylic acids is 1. The summed E-state index contributed by atoms with van der Waals surface area (Å²) in [5.74, 6) is -0.411. The topological polar surface area (TPSA) is 64.8 Å². The molecule has 2 rings (SSSR count). The first kappa shape index (κ1) is 15.9. The van der Waals surface area contributed by atoms with E-state index in [9.17, 15) is 4.79 Å². The van der Waals surface area contributed by atoms with Gasteiger partial charge in [0.15, 0.2) is 0 Å². The number of carbonyl (C=O) groups is 1. The Labute approximate surface area is 126 Å². The number of hydrogen-bond acceptors (Lipinski definition) is 4. The highest BCUT2D eigenvalue weighted by molar-refractivity contribution is 5.92. The van der Waals surface area contributed by atoms with Crippen LogP contribution in [0.25, 0.3) is 0 Å². The third kappa shape index (κ3) is 3.81. The molecule has 2 N–H and O–H groups in total. The van der Waals surface area contributed by atoms with E-state index in [0.717, 1.165) is 25.3 Å². The van der Waals surface area contributed by atoms with Crippen LogP contribution in [0.15, 0.2) is 24.3 Å². The molecule has 5 nitrogen and oxygen atoms in total. The predicted octanol–water partition coefficient (Wildman–Crippen LogP) is 1.58. The Balaban J connectivity index is 2.10. The largest absolute Gasteiger partial charge is 0.378 e. The summed E-state index contributed by atoms with van der Waals surface area (Å²) in [5, 5.41) is 0. The zero-order valence-electron chi connectivity index (χ0n) is 12.9. The van der Waals surface area contributed by atoms with E-state index in [1.807, 2.05) is 12.1 Å². The summed E-state index contributed by atoms with van der Waals surface area (Å²) >= 11 is 0. The third-order valence-corrected chi connectivity index (χ3v) is 4.08. The second-order valence-electron chi connectivity index (χ2n) is 5.64. The summed E-state index contributed by atoms with van der Waals surface area (Å²) in [6, 6.07) is 8.05. The molecule has 116 valence electrons. The Morgan fingerprint density at radius 1 is 1.33 bits per heavy atom. The fourth-order valence-corrected chi connectivity index (χ4v) is 2.76. The molecule has 3 unspecified atom stereocenters. The number of morpholine rings is 1. The van der Waals surface area contributed by atoms with Crippen molar-refractivity contribution >= 4 is 5.91 Å². The Kier molecular flexibility index (Phi) is 5.33. The number of rotatable bonds is 5. The van der Waals surface area contributed by atoms with Gasteiger partial charge in [0, 0.05) is 31.3 Å². The quantitative estimate of drug-likeness (QED) is 0.895. The van der Waals surface area contributed by atoms with Crippen LogP contribution in [0.2, 0.25) is 0 Å². The first-order valence-electron chi connectivity index (χ1n) is 7.29. The Morgan fingerprint density at radius 2 is 1.90 bits per heavy atom. The number of primary amides is 1. The smallest absolute Gasteiger partial charge is 0.248 e. The number of benzene rings is 1. The minimum absolute atomic E-state index is 0.0325. The molecule has 1 saturated heterocycles. The molecule has 0 saturated carbocycles. The van der Waals surface area contributed by atoms with Crippen molar-refractivity contribution in [2.75, 3.05) is 26.9 Å². The highest BCUT2D eigenvalue weighted by Crippen LogP contribution is 2.23. The molecular formula is C16H24N2O3. The lowest BCUT2D eigenvalue weighted by atomic mass is 10.0. The van der Waals surface area contributed by atoms with E-state index in [4.69, 9.17) is 15.2 Å². The molecular weight excluding hydrogens is 268 g/mol. The maximum absolute atomic E-state index is 11.1. The Morgan fingerprint density at radius 3 is 2.38 bits per heavy atom. The van der Waals surface area contributed by atoms with Gasteiger partial charge in [-0.1, -0.05) is 12.1 Å². The average molecular weight is 292 g/mol. The minimum Gasteiger partial charge on any atom is -0.378 e. The van der Waals surface area contributed by atoms with E-state index in [0.29, 0.717) is 17.6 Å². The van der Waals surface area contributed by atoms with Crippen molar-refractivity contribution < 1.29 is 14.3 Å². The summed E-state index contributed by atoms with van der Waals surface area (Å²) in [6.45, 7) is 6.64. The number of ether oxygens (including phenoxy) is 2. The number of nitrogens with zero attached hydrogens (tertiary/aromatic N) is 1. The molecule has 21 heavy (non-hydrogen) atoms. The zero-order chi connectivity index (χ0) is 15.4. The summed E-state index contributed by atoms with van der Waals surface area (Å²) < 4.78 is 11.2. The van der Waals surface area contributed by atoms with Crippen molar-refractivity contribution in [1.29, 1.82) is 0 Å². The van der Waals surface area contributed by atoms with Crippen LogP contribution < -0.4 is 5.73 Å². The molecule has 0 spiro atoms. The monoisotopic (exact) mass is 292 g/mol. The predicted molar refractivity (Wildman–Crippen MR) is 81.2 cm³/mol. The highest BCUT2D eigenvalue weighted by Gasteiger charge is 2.28. The number of amides is 1. The van der Waals surface area contributed by atoms with Gasteiger partial charge in [0.1, 0.15) is 0 Å². The summed E-state index contributed by atoms with van der Waals surface area (Å²) in [6.07, 6.45) is -0.0325. The second kappa shape index (κ2) is 7.02. The minimum atomic E-state index is -0.411. The lowest BCUT2D eigenvalue weighted by molar-refractivity contribution is -0.0596. The van der Waals surface area contributed by atoms with E-state index in [1.54, 1.807) is 19.2 Å². The van der Waals surface area contributed by atoms with Gasteiger partial charge >= 0.3 is 0 Å². The van der Waals surface area contributed by atoms with Crippen molar-refractivity contribution in [3.63, 3.8) is 0 Å². The molecule has 1 aromatic carbocycles. The summed E-state index contributed by atoms with van der Waals surface area (Å²) in [5.41, 5.74) is 6.83. The standard InChI is InChI=1S/C16H24N2O3/c1-11-9-21-10-12(2)18(11)8-15(20-3)13-4-6-14(7-5-13)16(17)19/h4-7,11-12,15H,8-10H2,1-3H3,(H2,17,19). The van der Waals surface area contributed by atoms with Crippen LogP contribution in [-0.2, 0) is 9.47 Å². The average Bonchev–Trinajstić information content (AvgIpc) is 2.47. The fourth-order valence-electron chi connectivity index (χ4n) is 2.76. The lowest BCUT2D eigenvalue weighted by Gasteiger charge is -2.40. The van der Waals surface area contributed by atoms with E-state index < -0.39 is 5.91 Å². The van der Waals surface area contributed by atoms with E-state index in [-0.39, 0.29) is 6.10 Å². The second-order valence-corrected chi connectivity index (χ2v) is 5.64. The van der Waals surface area contributed by atoms with Gasteiger partial charge in [0.05, 0.1) is 19.3 Å². The van der Waals surface area contributed by atoms with Gasteiger partial charge in [-0.05, 0) is 31.5 Å². The molecule has 1 aromatic rings. The molecule has 1 amide bonds. The molecule has 3 atom stereocenters. The molecule has 0 aromatic heterocycles. The van der Waals surface area contributed by atoms with Gasteiger partial charge < -0.3 is 15.2 Å².